The molecule has 1 atom stereocenters. The third-order valence-electron chi connectivity index (χ3n) is 4.12. The van der Waals surface area contributed by atoms with Crippen molar-refractivity contribution in [3.8, 4) is 0 Å². The minimum Gasteiger partial charge on any atom is -0.464 e. The molecule has 0 aliphatic heterocycles. The summed E-state index contributed by atoms with van der Waals surface area (Å²) in [6.45, 7) is 4.37. The number of para-hydroxylation sites is 1. The number of ether oxygens (including phenoxy) is 1. The van der Waals surface area contributed by atoms with Crippen LogP contribution < -0.4 is 5.32 Å². The number of hydrogen-bond acceptors (Lipinski definition) is 3. The molecular weight excluding hydrogens is 250 g/mol. The fourth-order valence-electron chi connectivity index (χ4n) is 2.97. The molecule has 1 saturated carbocycles. The van der Waals surface area contributed by atoms with E-state index in [1.165, 1.54) is 19.3 Å². The summed E-state index contributed by atoms with van der Waals surface area (Å²) in [7, 11) is 0. The van der Waals surface area contributed by atoms with Crippen LogP contribution in [0, 0.1) is 12.8 Å². The van der Waals surface area contributed by atoms with Crippen LogP contribution in [0.1, 0.15) is 44.6 Å². The summed E-state index contributed by atoms with van der Waals surface area (Å²) in [4.78, 5) is 12.3. The van der Waals surface area contributed by atoms with E-state index in [0.29, 0.717) is 12.5 Å². The molecule has 20 heavy (non-hydrogen) atoms. The van der Waals surface area contributed by atoms with Gasteiger partial charge in [0.05, 0.1) is 6.61 Å². The third kappa shape index (κ3) is 3.75. The molecule has 1 aliphatic rings. The quantitative estimate of drug-likeness (QED) is 0.828. The molecule has 1 unspecified atom stereocenters. The van der Waals surface area contributed by atoms with Gasteiger partial charge in [-0.15, -0.1) is 0 Å². The average Bonchev–Trinajstić information content (AvgIpc) is 2.47. The van der Waals surface area contributed by atoms with Crippen molar-refractivity contribution in [1.29, 1.82) is 0 Å². The summed E-state index contributed by atoms with van der Waals surface area (Å²) in [6.07, 6.45) is 5.95. The Balaban J connectivity index is 2.13. The Kier molecular flexibility index (Phi) is 5.45. The summed E-state index contributed by atoms with van der Waals surface area (Å²) in [5.41, 5.74) is 2.20. The summed E-state index contributed by atoms with van der Waals surface area (Å²) in [5.74, 6) is 0.282. The monoisotopic (exact) mass is 275 g/mol. The molecule has 0 saturated heterocycles. The largest absolute Gasteiger partial charge is 0.464 e. The molecule has 1 aliphatic carbocycles. The van der Waals surface area contributed by atoms with Crippen molar-refractivity contribution < 1.29 is 9.53 Å². The van der Waals surface area contributed by atoms with Crippen molar-refractivity contribution in [3.63, 3.8) is 0 Å². The Morgan fingerprint density at radius 3 is 2.65 bits per heavy atom. The zero-order valence-corrected chi connectivity index (χ0v) is 12.5. The molecule has 3 nitrogen and oxygen atoms in total. The second-order valence-electron chi connectivity index (χ2n) is 5.59. The van der Waals surface area contributed by atoms with Gasteiger partial charge in [0.1, 0.15) is 6.04 Å². The molecule has 0 heterocycles. The second-order valence-corrected chi connectivity index (χ2v) is 5.59. The lowest BCUT2D eigenvalue weighted by Crippen LogP contribution is -2.39. The van der Waals surface area contributed by atoms with E-state index in [1.54, 1.807) is 0 Å². The molecule has 1 N–H and O–H groups in total. The molecule has 1 aromatic rings. The molecule has 0 aromatic heterocycles. The lowest BCUT2D eigenvalue weighted by atomic mass is 9.83. The Morgan fingerprint density at radius 2 is 2.00 bits per heavy atom. The van der Waals surface area contributed by atoms with Gasteiger partial charge in [0.2, 0.25) is 0 Å². The second kappa shape index (κ2) is 7.32. The lowest BCUT2D eigenvalue weighted by Gasteiger charge is -2.30. The van der Waals surface area contributed by atoms with E-state index in [1.807, 2.05) is 25.1 Å². The van der Waals surface area contributed by atoms with Crippen molar-refractivity contribution in [2.75, 3.05) is 11.9 Å². The summed E-state index contributed by atoms with van der Waals surface area (Å²) < 4.78 is 5.27. The highest BCUT2D eigenvalue weighted by Gasteiger charge is 2.30. The van der Waals surface area contributed by atoms with Crippen LogP contribution in [0.15, 0.2) is 24.3 Å². The SMILES string of the molecule is CCOC(=O)C(Nc1ccccc1C)C1CCCCC1. The summed E-state index contributed by atoms with van der Waals surface area (Å²) >= 11 is 0. The van der Waals surface area contributed by atoms with Crippen LogP contribution in [0.4, 0.5) is 5.69 Å². The van der Waals surface area contributed by atoms with E-state index in [2.05, 4.69) is 18.3 Å². The fourth-order valence-corrected chi connectivity index (χ4v) is 2.97. The van der Waals surface area contributed by atoms with Crippen LogP contribution >= 0.6 is 0 Å². The van der Waals surface area contributed by atoms with E-state index in [-0.39, 0.29) is 12.0 Å². The zero-order valence-electron chi connectivity index (χ0n) is 12.5. The third-order valence-corrected chi connectivity index (χ3v) is 4.12. The highest BCUT2D eigenvalue weighted by Crippen LogP contribution is 2.29. The van der Waals surface area contributed by atoms with Crippen molar-refractivity contribution in [2.45, 2.75) is 52.0 Å². The average molecular weight is 275 g/mol. The minimum absolute atomic E-state index is 0.109. The minimum atomic E-state index is -0.212. The number of carbonyl (C=O) groups excluding carboxylic acids is 1. The summed E-state index contributed by atoms with van der Waals surface area (Å²) in [5, 5.41) is 3.43. The van der Waals surface area contributed by atoms with Gasteiger partial charge < -0.3 is 10.1 Å². The number of nitrogens with one attached hydrogen (secondary N) is 1. The maximum absolute atomic E-state index is 12.3. The zero-order chi connectivity index (χ0) is 14.4. The van der Waals surface area contributed by atoms with Gasteiger partial charge in [-0.2, -0.15) is 0 Å². The van der Waals surface area contributed by atoms with Gasteiger partial charge in [0.15, 0.2) is 0 Å². The van der Waals surface area contributed by atoms with Gasteiger partial charge in [-0.1, -0.05) is 37.5 Å². The van der Waals surface area contributed by atoms with Crippen molar-refractivity contribution in [1.82, 2.24) is 0 Å². The number of aryl methyl sites for hydroxylation is 1. The van der Waals surface area contributed by atoms with Crippen LogP contribution in [0.2, 0.25) is 0 Å². The van der Waals surface area contributed by atoms with Gasteiger partial charge in [-0.25, -0.2) is 4.79 Å². The first kappa shape index (κ1) is 14.9. The van der Waals surface area contributed by atoms with Crippen molar-refractivity contribution in [2.24, 2.45) is 5.92 Å². The van der Waals surface area contributed by atoms with Crippen LogP contribution in [-0.2, 0) is 9.53 Å². The normalized spacial score (nSPS) is 17.5. The van der Waals surface area contributed by atoms with E-state index < -0.39 is 0 Å². The van der Waals surface area contributed by atoms with Crippen LogP contribution in [0.3, 0.4) is 0 Å². The number of anilines is 1. The van der Waals surface area contributed by atoms with E-state index in [0.717, 1.165) is 24.1 Å². The van der Waals surface area contributed by atoms with Gasteiger partial charge in [-0.05, 0) is 44.2 Å². The van der Waals surface area contributed by atoms with Gasteiger partial charge in [0, 0.05) is 5.69 Å². The standard InChI is InChI=1S/C17H25NO2/c1-3-20-17(19)16(14-10-5-4-6-11-14)18-15-12-8-7-9-13(15)2/h7-9,12,14,16,18H,3-6,10-11H2,1-2H3. The number of benzene rings is 1. The number of rotatable bonds is 5. The van der Waals surface area contributed by atoms with Crippen molar-refractivity contribution >= 4 is 11.7 Å². The maximum atomic E-state index is 12.3. The molecule has 110 valence electrons. The Labute approximate surface area is 121 Å². The molecule has 1 aromatic carbocycles. The molecular formula is C17H25NO2. The van der Waals surface area contributed by atoms with E-state index in [9.17, 15) is 4.79 Å². The summed E-state index contributed by atoms with van der Waals surface area (Å²) in [6, 6.07) is 7.89. The Hall–Kier alpha value is -1.51. The number of hydrogen-bond donors (Lipinski definition) is 1. The van der Waals surface area contributed by atoms with Gasteiger partial charge in [0.25, 0.3) is 0 Å². The molecule has 3 heteroatoms. The predicted octanol–water partition coefficient (Wildman–Crippen LogP) is 3.92. The van der Waals surface area contributed by atoms with Crippen LogP contribution in [0.25, 0.3) is 0 Å². The number of carbonyl (C=O) groups is 1. The van der Waals surface area contributed by atoms with Crippen LogP contribution in [0.5, 0.6) is 0 Å². The Bertz CT molecular complexity index is 438. The first-order valence-corrected chi connectivity index (χ1v) is 7.71. The maximum Gasteiger partial charge on any atom is 0.328 e. The molecule has 0 radical (unpaired) electrons. The molecule has 0 amide bonds. The van der Waals surface area contributed by atoms with Crippen molar-refractivity contribution in [3.05, 3.63) is 29.8 Å². The first-order chi connectivity index (χ1) is 9.72. The fraction of sp³-hybridized carbons (Fsp3) is 0.588. The van der Waals surface area contributed by atoms with Gasteiger partial charge in [-0.3, -0.25) is 0 Å². The topological polar surface area (TPSA) is 38.3 Å². The molecule has 0 spiro atoms. The first-order valence-electron chi connectivity index (χ1n) is 7.71. The molecule has 0 bridgehead atoms. The van der Waals surface area contributed by atoms with E-state index >= 15 is 0 Å². The van der Waals surface area contributed by atoms with Crippen LogP contribution in [-0.4, -0.2) is 18.6 Å². The predicted molar refractivity (Wildman–Crippen MR) is 81.8 cm³/mol. The highest BCUT2D eigenvalue weighted by molar-refractivity contribution is 5.80. The van der Waals surface area contributed by atoms with Gasteiger partial charge >= 0.3 is 5.97 Å². The molecule has 1 fully saturated rings. The van der Waals surface area contributed by atoms with E-state index in [4.69, 9.17) is 4.74 Å². The number of esters is 1. The smallest absolute Gasteiger partial charge is 0.328 e. The Morgan fingerprint density at radius 1 is 1.30 bits per heavy atom. The lowest BCUT2D eigenvalue weighted by molar-refractivity contribution is -0.145. The molecule has 2 rings (SSSR count). The highest BCUT2D eigenvalue weighted by atomic mass is 16.5.